The van der Waals surface area contributed by atoms with Gasteiger partial charge in [-0.3, -0.25) is 9.78 Å². The maximum atomic E-state index is 11.4. The number of ether oxygens (including phenoxy) is 2. The number of carbonyl (C=O) groups excluding carboxylic acids is 1. The second kappa shape index (κ2) is 5.69. The molecule has 1 heterocycles. The average molecular weight is 259 g/mol. The SMILES string of the molecule is COC(=O)C(C)Cc1ccc2cc(OC)ccc2n1. The van der Waals surface area contributed by atoms with Crippen molar-refractivity contribution in [2.24, 2.45) is 5.92 Å². The zero-order valence-electron chi connectivity index (χ0n) is 11.3. The molecule has 19 heavy (non-hydrogen) atoms. The van der Waals surface area contributed by atoms with Crippen LogP contribution in [0.4, 0.5) is 0 Å². The van der Waals surface area contributed by atoms with E-state index in [1.165, 1.54) is 7.11 Å². The number of nitrogens with zero attached hydrogens (tertiary/aromatic N) is 1. The Morgan fingerprint density at radius 3 is 2.74 bits per heavy atom. The van der Waals surface area contributed by atoms with Crippen LogP contribution in [0.25, 0.3) is 10.9 Å². The number of benzene rings is 1. The molecule has 0 spiro atoms. The summed E-state index contributed by atoms with van der Waals surface area (Å²) < 4.78 is 9.89. The van der Waals surface area contributed by atoms with Crippen molar-refractivity contribution in [1.29, 1.82) is 0 Å². The van der Waals surface area contributed by atoms with Crippen molar-refractivity contribution in [2.75, 3.05) is 14.2 Å². The van der Waals surface area contributed by atoms with Gasteiger partial charge in [-0.1, -0.05) is 13.0 Å². The lowest BCUT2D eigenvalue weighted by Gasteiger charge is -2.09. The molecule has 0 bridgehead atoms. The summed E-state index contributed by atoms with van der Waals surface area (Å²) in [6.45, 7) is 1.84. The van der Waals surface area contributed by atoms with E-state index >= 15 is 0 Å². The topological polar surface area (TPSA) is 48.4 Å². The second-order valence-electron chi connectivity index (χ2n) is 4.49. The molecule has 1 aromatic carbocycles. The van der Waals surface area contributed by atoms with Crippen LogP contribution in [0, 0.1) is 5.92 Å². The minimum absolute atomic E-state index is 0.187. The monoisotopic (exact) mass is 259 g/mol. The molecule has 0 saturated carbocycles. The summed E-state index contributed by atoms with van der Waals surface area (Å²) in [4.78, 5) is 15.9. The van der Waals surface area contributed by atoms with Crippen LogP contribution < -0.4 is 4.74 Å². The molecule has 0 amide bonds. The molecule has 0 aliphatic carbocycles. The Hall–Kier alpha value is -2.10. The van der Waals surface area contributed by atoms with Crippen molar-refractivity contribution in [3.8, 4) is 5.75 Å². The molecule has 100 valence electrons. The molecule has 4 heteroatoms. The summed E-state index contributed by atoms with van der Waals surface area (Å²) in [7, 11) is 3.04. The highest BCUT2D eigenvalue weighted by molar-refractivity contribution is 5.80. The van der Waals surface area contributed by atoms with Gasteiger partial charge in [-0.25, -0.2) is 0 Å². The van der Waals surface area contributed by atoms with Crippen LogP contribution in [0.15, 0.2) is 30.3 Å². The smallest absolute Gasteiger partial charge is 0.308 e. The number of methoxy groups -OCH3 is 2. The number of hydrogen-bond acceptors (Lipinski definition) is 4. The number of aromatic nitrogens is 1. The van der Waals surface area contributed by atoms with Gasteiger partial charge in [0.2, 0.25) is 0 Å². The van der Waals surface area contributed by atoms with E-state index in [9.17, 15) is 4.79 Å². The third-order valence-corrected chi connectivity index (χ3v) is 3.07. The Labute approximate surface area is 112 Å². The maximum absolute atomic E-state index is 11.4. The molecular weight excluding hydrogens is 242 g/mol. The largest absolute Gasteiger partial charge is 0.497 e. The van der Waals surface area contributed by atoms with Gasteiger partial charge in [0.1, 0.15) is 5.75 Å². The molecule has 1 unspecified atom stereocenters. The van der Waals surface area contributed by atoms with Crippen LogP contribution in [-0.4, -0.2) is 25.2 Å². The Kier molecular flexibility index (Phi) is 4.00. The van der Waals surface area contributed by atoms with Crippen molar-refractivity contribution in [3.05, 3.63) is 36.0 Å². The number of fused-ring (bicyclic) bond motifs is 1. The molecule has 0 radical (unpaired) electrons. The Morgan fingerprint density at radius 2 is 2.05 bits per heavy atom. The van der Waals surface area contributed by atoms with E-state index < -0.39 is 0 Å². The van der Waals surface area contributed by atoms with Gasteiger partial charge in [-0.15, -0.1) is 0 Å². The van der Waals surface area contributed by atoms with Gasteiger partial charge in [0.25, 0.3) is 0 Å². The van der Waals surface area contributed by atoms with Crippen LogP contribution in [-0.2, 0) is 16.0 Å². The highest BCUT2D eigenvalue weighted by atomic mass is 16.5. The van der Waals surface area contributed by atoms with E-state index in [1.54, 1.807) is 7.11 Å². The lowest BCUT2D eigenvalue weighted by atomic mass is 10.0. The average Bonchev–Trinajstić information content (AvgIpc) is 2.45. The zero-order valence-corrected chi connectivity index (χ0v) is 11.3. The van der Waals surface area contributed by atoms with Crippen LogP contribution in [0.5, 0.6) is 5.75 Å². The molecule has 4 nitrogen and oxygen atoms in total. The molecule has 0 N–H and O–H groups in total. The fourth-order valence-corrected chi connectivity index (χ4v) is 1.98. The third kappa shape index (κ3) is 3.02. The predicted molar refractivity (Wildman–Crippen MR) is 73.2 cm³/mol. The molecule has 0 aliphatic heterocycles. The van der Waals surface area contributed by atoms with Crippen LogP contribution in [0.1, 0.15) is 12.6 Å². The second-order valence-corrected chi connectivity index (χ2v) is 4.49. The molecule has 0 fully saturated rings. The first-order chi connectivity index (χ1) is 9.13. The van der Waals surface area contributed by atoms with Gasteiger partial charge in [-0.05, 0) is 24.3 Å². The molecule has 0 saturated heterocycles. The first kappa shape index (κ1) is 13.3. The van der Waals surface area contributed by atoms with Crippen molar-refractivity contribution in [1.82, 2.24) is 4.98 Å². The minimum atomic E-state index is -0.211. The number of esters is 1. The minimum Gasteiger partial charge on any atom is -0.497 e. The fraction of sp³-hybridized carbons (Fsp3) is 0.333. The van der Waals surface area contributed by atoms with Crippen molar-refractivity contribution < 1.29 is 14.3 Å². The highest BCUT2D eigenvalue weighted by Gasteiger charge is 2.14. The highest BCUT2D eigenvalue weighted by Crippen LogP contribution is 2.20. The quantitative estimate of drug-likeness (QED) is 0.792. The normalized spacial score (nSPS) is 12.2. The van der Waals surface area contributed by atoms with Crippen LogP contribution in [0.3, 0.4) is 0 Å². The van der Waals surface area contributed by atoms with E-state index in [4.69, 9.17) is 9.47 Å². The van der Waals surface area contributed by atoms with Crippen molar-refractivity contribution in [3.63, 3.8) is 0 Å². The van der Waals surface area contributed by atoms with E-state index in [1.807, 2.05) is 37.3 Å². The van der Waals surface area contributed by atoms with Crippen molar-refractivity contribution >= 4 is 16.9 Å². The van der Waals surface area contributed by atoms with E-state index in [0.29, 0.717) is 6.42 Å². The molecule has 2 rings (SSSR count). The summed E-state index contributed by atoms with van der Waals surface area (Å²) in [5.74, 6) is 0.412. The zero-order chi connectivity index (χ0) is 13.8. The summed E-state index contributed by atoms with van der Waals surface area (Å²) in [5.41, 5.74) is 1.78. The third-order valence-electron chi connectivity index (χ3n) is 3.07. The number of pyridine rings is 1. The number of rotatable bonds is 4. The Balaban J connectivity index is 2.24. The van der Waals surface area contributed by atoms with Gasteiger partial charge >= 0.3 is 5.97 Å². The Bertz CT molecular complexity index is 595. The molecule has 1 atom stereocenters. The van der Waals surface area contributed by atoms with Gasteiger partial charge < -0.3 is 9.47 Å². The number of carbonyl (C=O) groups is 1. The first-order valence-electron chi connectivity index (χ1n) is 6.15. The summed E-state index contributed by atoms with van der Waals surface area (Å²) in [5, 5.41) is 1.02. The summed E-state index contributed by atoms with van der Waals surface area (Å²) >= 11 is 0. The fourth-order valence-electron chi connectivity index (χ4n) is 1.98. The summed E-state index contributed by atoms with van der Waals surface area (Å²) in [6, 6.07) is 9.66. The maximum Gasteiger partial charge on any atom is 0.308 e. The summed E-state index contributed by atoms with van der Waals surface area (Å²) in [6.07, 6.45) is 0.578. The molecular formula is C15H17NO3. The lowest BCUT2D eigenvalue weighted by Crippen LogP contribution is -2.15. The Morgan fingerprint density at radius 1 is 1.26 bits per heavy atom. The van der Waals surface area contributed by atoms with Crippen LogP contribution >= 0.6 is 0 Å². The lowest BCUT2D eigenvalue weighted by molar-refractivity contribution is -0.144. The van der Waals surface area contributed by atoms with Gasteiger partial charge in [-0.2, -0.15) is 0 Å². The molecule has 2 aromatic rings. The standard InChI is InChI=1S/C15H17NO3/c1-10(15(17)19-3)8-12-5-4-11-9-13(18-2)6-7-14(11)16-12/h4-7,9-10H,8H2,1-3H3. The van der Waals surface area contributed by atoms with Gasteiger partial charge in [0.05, 0.1) is 25.7 Å². The van der Waals surface area contributed by atoms with Crippen LogP contribution in [0.2, 0.25) is 0 Å². The number of hydrogen-bond donors (Lipinski definition) is 0. The molecule has 1 aromatic heterocycles. The first-order valence-corrected chi connectivity index (χ1v) is 6.15. The predicted octanol–water partition coefficient (Wildman–Crippen LogP) is 2.60. The van der Waals surface area contributed by atoms with Gasteiger partial charge in [0, 0.05) is 17.5 Å². The van der Waals surface area contributed by atoms with Gasteiger partial charge in [0.15, 0.2) is 0 Å². The van der Waals surface area contributed by atoms with Crippen molar-refractivity contribution in [2.45, 2.75) is 13.3 Å². The van der Waals surface area contributed by atoms with E-state index in [-0.39, 0.29) is 11.9 Å². The molecule has 0 aliphatic rings. The van der Waals surface area contributed by atoms with E-state index in [2.05, 4.69) is 4.98 Å². The van der Waals surface area contributed by atoms with E-state index in [0.717, 1.165) is 22.3 Å².